The third-order valence-corrected chi connectivity index (χ3v) is 2.28. The van der Waals surface area contributed by atoms with Crippen molar-refractivity contribution < 1.29 is 0 Å². The Morgan fingerprint density at radius 2 is 2.15 bits per heavy atom. The summed E-state index contributed by atoms with van der Waals surface area (Å²) >= 11 is 5.85. The first kappa shape index (κ1) is 10.4. The molecule has 0 aromatic heterocycles. The molecule has 0 saturated heterocycles. The van der Waals surface area contributed by atoms with Crippen LogP contribution in [0.3, 0.4) is 0 Å². The Kier molecular flexibility index (Phi) is 3.58. The molecule has 3 heteroatoms. The van der Waals surface area contributed by atoms with Crippen molar-refractivity contribution in [1.82, 2.24) is 0 Å². The molecule has 1 aromatic carbocycles. The molecule has 1 unspecified atom stereocenters. The summed E-state index contributed by atoms with van der Waals surface area (Å²) in [6.07, 6.45) is 1.98. The standard InChI is InChI=1S/C10H15ClN2/c1-2-3-9(12)8-6-7(11)4-5-10(8)13/h4-6,9H,2-3,12-13H2,1H3. The Balaban J connectivity index is 2.91. The van der Waals surface area contributed by atoms with Gasteiger partial charge in [-0.1, -0.05) is 24.9 Å². The van der Waals surface area contributed by atoms with Crippen molar-refractivity contribution in [3.05, 3.63) is 28.8 Å². The topological polar surface area (TPSA) is 52.0 Å². The Morgan fingerprint density at radius 3 is 2.77 bits per heavy atom. The highest BCUT2D eigenvalue weighted by Crippen LogP contribution is 2.25. The molecule has 2 nitrogen and oxygen atoms in total. The van der Waals surface area contributed by atoms with Crippen LogP contribution >= 0.6 is 11.6 Å². The fourth-order valence-corrected chi connectivity index (χ4v) is 1.51. The van der Waals surface area contributed by atoms with Crippen molar-refractivity contribution in [2.24, 2.45) is 5.73 Å². The molecular weight excluding hydrogens is 184 g/mol. The van der Waals surface area contributed by atoms with Gasteiger partial charge in [0.25, 0.3) is 0 Å². The monoisotopic (exact) mass is 198 g/mol. The lowest BCUT2D eigenvalue weighted by molar-refractivity contribution is 0.640. The second-order valence-corrected chi connectivity index (χ2v) is 3.60. The van der Waals surface area contributed by atoms with E-state index in [1.54, 1.807) is 12.1 Å². The van der Waals surface area contributed by atoms with E-state index < -0.39 is 0 Å². The smallest absolute Gasteiger partial charge is 0.0410 e. The zero-order chi connectivity index (χ0) is 9.84. The Labute approximate surface area is 83.9 Å². The van der Waals surface area contributed by atoms with Crippen LogP contribution in [0.5, 0.6) is 0 Å². The van der Waals surface area contributed by atoms with Crippen molar-refractivity contribution in [2.45, 2.75) is 25.8 Å². The van der Waals surface area contributed by atoms with E-state index in [1.165, 1.54) is 0 Å². The molecule has 1 aromatic rings. The first-order chi connectivity index (χ1) is 6.15. The molecule has 13 heavy (non-hydrogen) atoms. The van der Waals surface area contributed by atoms with Gasteiger partial charge in [-0.15, -0.1) is 0 Å². The highest BCUT2D eigenvalue weighted by molar-refractivity contribution is 6.30. The summed E-state index contributed by atoms with van der Waals surface area (Å²) in [6.45, 7) is 2.10. The third kappa shape index (κ3) is 2.61. The van der Waals surface area contributed by atoms with Crippen LogP contribution in [0.4, 0.5) is 5.69 Å². The number of nitrogens with two attached hydrogens (primary N) is 2. The van der Waals surface area contributed by atoms with E-state index in [9.17, 15) is 0 Å². The van der Waals surface area contributed by atoms with E-state index in [0.29, 0.717) is 5.02 Å². The maximum absolute atomic E-state index is 5.94. The maximum Gasteiger partial charge on any atom is 0.0410 e. The normalized spacial score (nSPS) is 12.8. The highest BCUT2D eigenvalue weighted by atomic mass is 35.5. The molecule has 0 aliphatic heterocycles. The van der Waals surface area contributed by atoms with E-state index >= 15 is 0 Å². The first-order valence-electron chi connectivity index (χ1n) is 4.45. The number of halogens is 1. The van der Waals surface area contributed by atoms with Crippen molar-refractivity contribution in [1.29, 1.82) is 0 Å². The summed E-state index contributed by atoms with van der Waals surface area (Å²) in [5.41, 5.74) is 13.4. The minimum Gasteiger partial charge on any atom is -0.398 e. The van der Waals surface area contributed by atoms with Crippen LogP contribution in [0.2, 0.25) is 5.02 Å². The molecule has 0 amide bonds. The first-order valence-corrected chi connectivity index (χ1v) is 4.83. The molecule has 0 radical (unpaired) electrons. The van der Waals surface area contributed by atoms with E-state index in [4.69, 9.17) is 23.1 Å². The van der Waals surface area contributed by atoms with Crippen molar-refractivity contribution in [3.8, 4) is 0 Å². The van der Waals surface area contributed by atoms with Crippen LogP contribution < -0.4 is 11.5 Å². The number of anilines is 1. The second-order valence-electron chi connectivity index (χ2n) is 3.17. The molecular formula is C10H15ClN2. The lowest BCUT2D eigenvalue weighted by Gasteiger charge is -2.13. The van der Waals surface area contributed by atoms with Crippen molar-refractivity contribution in [3.63, 3.8) is 0 Å². The van der Waals surface area contributed by atoms with Crippen LogP contribution in [0.15, 0.2) is 18.2 Å². The van der Waals surface area contributed by atoms with E-state index in [0.717, 1.165) is 24.1 Å². The average molecular weight is 199 g/mol. The van der Waals surface area contributed by atoms with Gasteiger partial charge in [0.2, 0.25) is 0 Å². The zero-order valence-electron chi connectivity index (χ0n) is 7.76. The van der Waals surface area contributed by atoms with Gasteiger partial charge in [0, 0.05) is 16.8 Å². The van der Waals surface area contributed by atoms with Crippen LogP contribution in [0.25, 0.3) is 0 Å². The van der Waals surface area contributed by atoms with Crippen LogP contribution in [-0.4, -0.2) is 0 Å². The van der Waals surface area contributed by atoms with E-state index in [1.807, 2.05) is 6.07 Å². The molecule has 0 fully saturated rings. The lowest BCUT2D eigenvalue weighted by Crippen LogP contribution is -2.11. The number of hydrogen-bond acceptors (Lipinski definition) is 2. The van der Waals surface area contributed by atoms with Gasteiger partial charge in [-0.25, -0.2) is 0 Å². The summed E-state index contributed by atoms with van der Waals surface area (Å²) in [5, 5.41) is 0.691. The van der Waals surface area contributed by atoms with Gasteiger partial charge in [0.15, 0.2) is 0 Å². The second kappa shape index (κ2) is 4.49. The summed E-state index contributed by atoms with van der Waals surface area (Å²) in [5.74, 6) is 0. The molecule has 0 bridgehead atoms. The fourth-order valence-electron chi connectivity index (χ4n) is 1.33. The molecule has 1 rings (SSSR count). The largest absolute Gasteiger partial charge is 0.398 e. The molecule has 72 valence electrons. The highest BCUT2D eigenvalue weighted by Gasteiger charge is 2.08. The zero-order valence-corrected chi connectivity index (χ0v) is 8.51. The molecule has 0 aliphatic rings. The summed E-state index contributed by atoms with van der Waals surface area (Å²) in [7, 11) is 0. The van der Waals surface area contributed by atoms with Gasteiger partial charge >= 0.3 is 0 Å². The lowest BCUT2D eigenvalue weighted by atomic mass is 10.0. The van der Waals surface area contributed by atoms with E-state index in [2.05, 4.69) is 6.92 Å². The van der Waals surface area contributed by atoms with E-state index in [-0.39, 0.29) is 6.04 Å². The molecule has 1 atom stereocenters. The molecule has 0 saturated carbocycles. The summed E-state index contributed by atoms with van der Waals surface area (Å²) < 4.78 is 0. The maximum atomic E-state index is 5.94. The predicted octanol–water partition coefficient (Wildman–Crippen LogP) is 2.72. The minimum absolute atomic E-state index is 0.00343. The number of benzene rings is 1. The quantitative estimate of drug-likeness (QED) is 0.734. The van der Waals surface area contributed by atoms with Gasteiger partial charge in [0.05, 0.1) is 0 Å². The van der Waals surface area contributed by atoms with Gasteiger partial charge in [-0.2, -0.15) is 0 Å². The van der Waals surface area contributed by atoms with Crippen molar-refractivity contribution >= 4 is 17.3 Å². The van der Waals surface area contributed by atoms with Gasteiger partial charge < -0.3 is 11.5 Å². The molecule has 0 spiro atoms. The average Bonchev–Trinajstić information content (AvgIpc) is 2.09. The molecule has 0 aliphatic carbocycles. The summed E-state index contributed by atoms with van der Waals surface area (Å²) in [4.78, 5) is 0. The van der Waals surface area contributed by atoms with Gasteiger partial charge in [0.1, 0.15) is 0 Å². The molecule has 0 heterocycles. The SMILES string of the molecule is CCCC(N)c1cc(Cl)ccc1N. The third-order valence-electron chi connectivity index (χ3n) is 2.05. The predicted molar refractivity (Wildman–Crippen MR) is 57.7 cm³/mol. The minimum atomic E-state index is 0.00343. The number of rotatable bonds is 3. The Hall–Kier alpha value is -0.730. The van der Waals surface area contributed by atoms with Gasteiger partial charge in [-0.05, 0) is 30.2 Å². The Morgan fingerprint density at radius 1 is 1.46 bits per heavy atom. The number of hydrogen-bond donors (Lipinski definition) is 2. The number of nitrogen functional groups attached to an aromatic ring is 1. The van der Waals surface area contributed by atoms with Crippen molar-refractivity contribution in [2.75, 3.05) is 5.73 Å². The molecule has 4 N–H and O–H groups in total. The van der Waals surface area contributed by atoms with Gasteiger partial charge in [-0.3, -0.25) is 0 Å². The van der Waals surface area contributed by atoms with Crippen LogP contribution in [0.1, 0.15) is 31.4 Å². The fraction of sp³-hybridized carbons (Fsp3) is 0.400. The van der Waals surface area contributed by atoms with Crippen LogP contribution in [-0.2, 0) is 0 Å². The Bertz CT molecular complexity index is 286. The summed E-state index contributed by atoms with van der Waals surface area (Å²) in [6, 6.07) is 5.42. The van der Waals surface area contributed by atoms with Crippen LogP contribution in [0, 0.1) is 0 Å².